The van der Waals surface area contributed by atoms with Gasteiger partial charge in [0.1, 0.15) is 5.76 Å². The zero-order valence-corrected chi connectivity index (χ0v) is 21.9. The number of carbonyl (C=O) groups excluding carboxylic acids is 2. The Labute approximate surface area is 221 Å². The van der Waals surface area contributed by atoms with E-state index in [0.29, 0.717) is 41.4 Å². The molecule has 10 nitrogen and oxygen atoms in total. The molecule has 1 saturated heterocycles. The van der Waals surface area contributed by atoms with Gasteiger partial charge in [0.15, 0.2) is 11.6 Å². The fourth-order valence-electron chi connectivity index (χ4n) is 5.83. The van der Waals surface area contributed by atoms with E-state index in [1.807, 2.05) is 0 Å². The maximum absolute atomic E-state index is 13.4. The number of piperidine rings is 1. The van der Waals surface area contributed by atoms with Crippen LogP contribution in [0, 0.1) is 5.92 Å². The van der Waals surface area contributed by atoms with Gasteiger partial charge in [-0.05, 0) is 55.9 Å². The van der Waals surface area contributed by atoms with Gasteiger partial charge >= 0.3 is 0 Å². The molecule has 1 atom stereocenters. The lowest BCUT2D eigenvalue weighted by Crippen LogP contribution is -2.41. The van der Waals surface area contributed by atoms with Crippen LogP contribution in [0.4, 0.5) is 0 Å². The van der Waals surface area contributed by atoms with E-state index in [-0.39, 0.29) is 35.9 Å². The largest absolute Gasteiger partial charge is 0.454 e. The topological polar surface area (TPSA) is 127 Å². The number of hydrogen-bond donors (Lipinski definition) is 0. The van der Waals surface area contributed by atoms with Crippen molar-refractivity contribution in [2.24, 2.45) is 5.92 Å². The first-order chi connectivity index (χ1) is 18.4. The minimum Gasteiger partial charge on any atom is -0.454 e. The van der Waals surface area contributed by atoms with Crippen LogP contribution in [0.3, 0.4) is 0 Å². The molecule has 0 unspecified atom stereocenters. The summed E-state index contributed by atoms with van der Waals surface area (Å²) in [5.41, 5.74) is 0.752. The number of rotatable bonds is 7. The summed E-state index contributed by atoms with van der Waals surface area (Å²) >= 11 is 0. The summed E-state index contributed by atoms with van der Waals surface area (Å²) < 4.78 is 39.6. The highest BCUT2D eigenvalue weighted by Gasteiger charge is 2.38. The number of fused-ring (bicyclic) bond motifs is 1. The number of furan rings is 1. The Morgan fingerprint density at radius 3 is 2.34 bits per heavy atom. The van der Waals surface area contributed by atoms with Crippen molar-refractivity contribution in [3.63, 3.8) is 0 Å². The van der Waals surface area contributed by atoms with Crippen LogP contribution >= 0.6 is 0 Å². The number of imide groups is 1. The van der Waals surface area contributed by atoms with Crippen LogP contribution in [0.15, 0.2) is 45.3 Å². The van der Waals surface area contributed by atoms with Gasteiger partial charge in [0.25, 0.3) is 17.7 Å². The van der Waals surface area contributed by atoms with E-state index in [2.05, 4.69) is 10.1 Å². The third kappa shape index (κ3) is 4.69. The number of carbonyl (C=O) groups is 2. The van der Waals surface area contributed by atoms with E-state index < -0.39 is 16.1 Å². The van der Waals surface area contributed by atoms with E-state index in [1.165, 1.54) is 6.42 Å². The Bertz CT molecular complexity index is 1420. The molecule has 200 valence electrons. The molecule has 0 N–H and O–H groups in total. The smallest absolute Gasteiger partial charge is 0.293 e. The molecule has 0 radical (unpaired) electrons. The zero-order valence-electron chi connectivity index (χ0n) is 21.0. The van der Waals surface area contributed by atoms with Crippen molar-refractivity contribution in [1.29, 1.82) is 0 Å². The summed E-state index contributed by atoms with van der Waals surface area (Å²) in [6, 6.07) is 9.54. The zero-order chi connectivity index (χ0) is 26.3. The lowest BCUT2D eigenvalue weighted by molar-refractivity contribution is 0.0631. The van der Waals surface area contributed by atoms with Crippen molar-refractivity contribution in [1.82, 2.24) is 19.3 Å². The third-order valence-electron chi connectivity index (χ3n) is 7.79. The molecule has 2 aliphatic heterocycles. The van der Waals surface area contributed by atoms with Gasteiger partial charge < -0.3 is 8.94 Å². The van der Waals surface area contributed by atoms with Gasteiger partial charge in [-0.1, -0.05) is 43.0 Å². The predicted octanol–water partition coefficient (Wildman–Crippen LogP) is 4.56. The first kappa shape index (κ1) is 25.0. The average molecular weight is 539 g/mol. The van der Waals surface area contributed by atoms with E-state index in [4.69, 9.17) is 8.94 Å². The highest BCUT2D eigenvalue weighted by Crippen LogP contribution is 2.35. The lowest BCUT2D eigenvalue weighted by Gasteiger charge is -2.34. The fourth-order valence-corrected chi connectivity index (χ4v) is 7.95. The predicted molar refractivity (Wildman–Crippen MR) is 136 cm³/mol. The van der Waals surface area contributed by atoms with Crippen molar-refractivity contribution in [2.45, 2.75) is 64.0 Å². The quantitative estimate of drug-likeness (QED) is 0.401. The van der Waals surface area contributed by atoms with Crippen molar-refractivity contribution < 1.29 is 26.9 Å². The van der Waals surface area contributed by atoms with Crippen LogP contribution in [0.25, 0.3) is 11.7 Å². The van der Waals surface area contributed by atoms with Crippen molar-refractivity contribution in [2.75, 3.05) is 12.3 Å². The highest BCUT2D eigenvalue weighted by molar-refractivity contribution is 7.89. The van der Waals surface area contributed by atoms with Gasteiger partial charge in [-0.15, -0.1) is 0 Å². The van der Waals surface area contributed by atoms with Crippen molar-refractivity contribution >= 4 is 21.8 Å². The minimum atomic E-state index is -3.46. The monoisotopic (exact) mass is 538 g/mol. The normalized spacial score (nSPS) is 21.3. The van der Waals surface area contributed by atoms with Gasteiger partial charge in [-0.25, -0.2) is 8.42 Å². The molecule has 0 bridgehead atoms. The van der Waals surface area contributed by atoms with Crippen LogP contribution in [0.2, 0.25) is 0 Å². The van der Waals surface area contributed by atoms with Crippen LogP contribution in [-0.2, 0) is 16.6 Å². The first-order valence-electron chi connectivity index (χ1n) is 13.3. The Kier molecular flexibility index (Phi) is 6.65. The molecule has 38 heavy (non-hydrogen) atoms. The lowest BCUT2D eigenvalue weighted by atomic mass is 9.91. The van der Waals surface area contributed by atoms with E-state index >= 15 is 0 Å². The van der Waals surface area contributed by atoms with Gasteiger partial charge in [0, 0.05) is 6.54 Å². The maximum atomic E-state index is 13.4. The average Bonchev–Trinajstić information content (AvgIpc) is 3.66. The Hall–Kier alpha value is -3.31. The standard InChI is InChI=1S/C27H30N4O6S/c32-26-20-10-4-5-11-21(20)27(33)30(26)16-19-13-14-23(36-19)25-28-24(29-37-25)22-12-6-7-15-31(22)38(34,35)17-18-8-2-1-3-9-18/h4-5,10-11,13-14,18,22H,1-3,6-9,12,15-17H2/t22-/m0/s1. The molecule has 2 aromatic heterocycles. The molecule has 1 aliphatic carbocycles. The molecule has 3 aliphatic rings. The number of hydrogen-bond acceptors (Lipinski definition) is 8. The highest BCUT2D eigenvalue weighted by atomic mass is 32.2. The summed E-state index contributed by atoms with van der Waals surface area (Å²) in [5, 5.41) is 4.12. The second-order valence-electron chi connectivity index (χ2n) is 10.4. The van der Waals surface area contributed by atoms with Gasteiger partial charge in [0.05, 0.1) is 29.5 Å². The molecule has 4 heterocycles. The molecule has 1 saturated carbocycles. The Morgan fingerprint density at radius 2 is 1.61 bits per heavy atom. The maximum Gasteiger partial charge on any atom is 0.293 e. The number of sulfonamides is 1. The van der Waals surface area contributed by atoms with Crippen LogP contribution in [0.5, 0.6) is 0 Å². The molecule has 6 rings (SSSR count). The third-order valence-corrected chi connectivity index (χ3v) is 9.83. The number of nitrogens with zero attached hydrogens (tertiary/aromatic N) is 4. The molecule has 3 aromatic rings. The minimum absolute atomic E-state index is 0.0246. The van der Waals surface area contributed by atoms with Gasteiger partial charge in [-0.2, -0.15) is 9.29 Å². The van der Waals surface area contributed by atoms with Gasteiger partial charge in [0.2, 0.25) is 10.0 Å². The summed E-state index contributed by atoms with van der Waals surface area (Å²) in [7, 11) is -3.46. The molecule has 2 amide bonds. The Morgan fingerprint density at radius 1 is 0.895 bits per heavy atom. The molecular weight excluding hydrogens is 508 g/mol. The molecule has 0 spiro atoms. The van der Waals surface area contributed by atoms with E-state index in [9.17, 15) is 18.0 Å². The van der Waals surface area contributed by atoms with Gasteiger partial charge in [-0.3, -0.25) is 14.5 Å². The molecule has 2 fully saturated rings. The second kappa shape index (κ2) is 10.1. The van der Waals surface area contributed by atoms with E-state index in [1.54, 1.807) is 40.7 Å². The number of amides is 2. The second-order valence-corrected chi connectivity index (χ2v) is 12.3. The summed E-state index contributed by atoms with van der Waals surface area (Å²) in [6.07, 6.45) is 7.62. The van der Waals surface area contributed by atoms with Crippen LogP contribution in [0.1, 0.15) is 89.7 Å². The number of benzene rings is 1. The molecular formula is C27H30N4O6S. The fraction of sp³-hybridized carbons (Fsp3) is 0.481. The van der Waals surface area contributed by atoms with Crippen molar-refractivity contribution in [3.05, 3.63) is 59.1 Å². The first-order valence-corrected chi connectivity index (χ1v) is 14.9. The van der Waals surface area contributed by atoms with E-state index in [0.717, 1.165) is 43.4 Å². The summed E-state index contributed by atoms with van der Waals surface area (Å²) in [5.74, 6) is 0.792. The van der Waals surface area contributed by atoms with Crippen LogP contribution < -0.4 is 0 Å². The molecule has 11 heteroatoms. The van der Waals surface area contributed by atoms with Crippen molar-refractivity contribution in [3.8, 4) is 11.7 Å². The summed E-state index contributed by atoms with van der Waals surface area (Å²) in [4.78, 5) is 31.0. The van der Waals surface area contributed by atoms with Crippen LogP contribution in [-0.4, -0.2) is 51.9 Å². The number of aromatic nitrogens is 2. The SMILES string of the molecule is O=C1c2ccccc2C(=O)N1Cc1ccc(-c2nc([C@@H]3CCCCN3S(=O)(=O)CC3CCCCC3)no2)o1. The Balaban J connectivity index is 1.17. The molecule has 1 aromatic carbocycles. The summed E-state index contributed by atoms with van der Waals surface area (Å²) in [6.45, 7) is 0.429.